The summed E-state index contributed by atoms with van der Waals surface area (Å²) in [5.74, 6) is 13.2. The van der Waals surface area contributed by atoms with E-state index in [1.165, 1.54) is 209 Å². The molecule has 0 amide bonds. The highest BCUT2D eigenvalue weighted by Gasteiger charge is 2.57. The quantitative estimate of drug-likeness (QED) is 0.121. The van der Waals surface area contributed by atoms with Gasteiger partial charge in [0, 0.05) is 40.2 Å². The molecule has 7 aromatic carbocycles. The zero-order valence-electron chi connectivity index (χ0n) is 57.8. The average Bonchev–Trinajstić information content (AvgIpc) is 1.44. The number of para-hydroxylation sites is 4. The van der Waals surface area contributed by atoms with Crippen molar-refractivity contribution < 1.29 is 9.30 Å². The first-order chi connectivity index (χ1) is 47.3. The Morgan fingerprint density at radius 3 is 1.29 bits per heavy atom. The molecule has 97 heavy (non-hydrogen) atoms. The molecule has 3 heterocycles. The van der Waals surface area contributed by atoms with Crippen LogP contribution in [0.3, 0.4) is 0 Å². The lowest BCUT2D eigenvalue weighted by atomic mass is 9.46. The molecule has 16 bridgehead atoms. The van der Waals surface area contributed by atoms with Gasteiger partial charge in [0.05, 0.1) is 11.0 Å². The van der Waals surface area contributed by atoms with Gasteiger partial charge in [-0.15, -0.1) is 0 Å². The van der Waals surface area contributed by atoms with Gasteiger partial charge < -0.3 is 4.74 Å². The highest BCUT2D eigenvalue weighted by Crippen LogP contribution is 2.67. The number of fused-ring (bicyclic) bond motifs is 4. The van der Waals surface area contributed by atoms with Crippen LogP contribution in [0.15, 0.2) is 170 Å². The van der Waals surface area contributed by atoms with Crippen LogP contribution in [0.2, 0.25) is 0 Å². The molecule has 5 nitrogen and oxygen atoms in total. The lowest BCUT2D eigenvalue weighted by Crippen LogP contribution is -2.50. The first-order valence-corrected chi connectivity index (χ1v) is 39.0. The number of pyridine rings is 1. The minimum absolute atomic E-state index is 0.0144. The summed E-state index contributed by atoms with van der Waals surface area (Å²) in [5.41, 5.74) is 22.1. The number of nitrogens with zero attached hydrogens (tertiary/aromatic N) is 4. The Morgan fingerprint density at radius 1 is 0.392 bits per heavy atom. The van der Waals surface area contributed by atoms with Crippen LogP contribution < -0.4 is 9.30 Å². The summed E-state index contributed by atoms with van der Waals surface area (Å²) in [4.78, 5) is 5.02. The average molecular weight is 1270 g/mol. The molecule has 16 aliphatic rings. The zero-order valence-corrected chi connectivity index (χ0v) is 57.8. The molecule has 16 aliphatic carbocycles. The minimum atomic E-state index is -0.0144. The first-order valence-electron chi connectivity index (χ1n) is 39.0. The number of imidazole rings is 1. The molecule has 10 aromatic rings. The van der Waals surface area contributed by atoms with Gasteiger partial charge in [-0.25, -0.2) is 4.98 Å². The number of hydrogen-bond acceptors (Lipinski definition) is 2. The minimum Gasteiger partial charge on any atom is -0.457 e. The van der Waals surface area contributed by atoms with Gasteiger partial charge in [-0.2, -0.15) is 9.13 Å². The van der Waals surface area contributed by atoms with Crippen molar-refractivity contribution in [3.8, 4) is 50.9 Å². The molecule has 0 atom stereocenters. The number of benzene rings is 7. The topological polar surface area (TPSA) is 35.9 Å². The molecule has 0 saturated heterocycles. The molecule has 3 aromatic heterocycles. The van der Waals surface area contributed by atoms with Gasteiger partial charge in [-0.05, 0) is 346 Å². The van der Waals surface area contributed by atoms with Crippen molar-refractivity contribution in [2.75, 3.05) is 0 Å². The maximum atomic E-state index is 7.11. The Labute approximate surface area is 574 Å². The summed E-state index contributed by atoms with van der Waals surface area (Å²) >= 11 is 0. The van der Waals surface area contributed by atoms with E-state index in [1.807, 2.05) is 6.20 Å². The fourth-order valence-electron chi connectivity index (χ4n) is 27.5. The van der Waals surface area contributed by atoms with E-state index in [0.717, 1.165) is 105 Å². The Morgan fingerprint density at radius 2 is 0.814 bits per heavy atom. The maximum Gasteiger partial charge on any atom is 0.255 e. The summed E-state index contributed by atoms with van der Waals surface area (Å²) in [6.45, 7) is 6.84. The van der Waals surface area contributed by atoms with Crippen molar-refractivity contribution in [3.63, 3.8) is 0 Å². The predicted octanol–water partition coefficient (Wildman–Crippen LogP) is 22.7. The zero-order chi connectivity index (χ0) is 63.9. The fourth-order valence-corrected chi connectivity index (χ4v) is 27.5. The monoisotopic (exact) mass is 1270 g/mol. The largest absolute Gasteiger partial charge is 0.457 e. The molecule has 0 aliphatic heterocycles. The Bertz CT molecular complexity index is 4480. The van der Waals surface area contributed by atoms with Crippen molar-refractivity contribution in [1.29, 1.82) is 0 Å². The Hall–Kier alpha value is -7.24. The Balaban J connectivity index is 0.738. The lowest BCUT2D eigenvalue weighted by molar-refractivity contribution is -0.566. The molecule has 0 radical (unpaired) electrons. The summed E-state index contributed by atoms with van der Waals surface area (Å²) < 4.78 is 14.6. The molecule has 16 saturated carbocycles. The second kappa shape index (κ2) is 20.7. The van der Waals surface area contributed by atoms with Crippen molar-refractivity contribution in [2.45, 2.75) is 202 Å². The Kier molecular flexibility index (Phi) is 12.3. The summed E-state index contributed by atoms with van der Waals surface area (Å²) in [6.07, 6.45) is 38.9. The fraction of sp³-hybridized carbons (Fsp3) is 0.478. The van der Waals surface area contributed by atoms with Gasteiger partial charge in [0.2, 0.25) is 0 Å². The van der Waals surface area contributed by atoms with E-state index in [2.05, 4.69) is 199 Å². The number of rotatable bonds is 11. The highest BCUT2D eigenvalue weighted by atomic mass is 16.5. The number of ether oxygens (including phenoxy) is 1. The van der Waals surface area contributed by atoms with E-state index in [0.29, 0.717) is 0 Å². The SMILES string of the molecule is CC(C)(C)c1ccnc(-n2c3ccccc3c3ccc(Oc4cccc(-n5c[n+](-c6c(-c7cc(C89CC%10CC(CC(C%10)C8)C9)cc(C89CC%10CC(CC(C%10)C8)C9)c7)cccc6-c6cc(C78CC9CC(CC(C9)C7)C8)cc(C78CC9CC(CC(C9)C7)C8)c6)c6ccccc65)c4)cc32)c1. The van der Waals surface area contributed by atoms with Crippen molar-refractivity contribution >= 4 is 32.8 Å². The van der Waals surface area contributed by atoms with Crippen LogP contribution in [-0.2, 0) is 27.1 Å². The van der Waals surface area contributed by atoms with Crippen molar-refractivity contribution in [1.82, 2.24) is 14.1 Å². The molecule has 16 fully saturated rings. The van der Waals surface area contributed by atoms with Gasteiger partial charge in [-0.3, -0.25) is 4.57 Å². The van der Waals surface area contributed by atoms with Crippen molar-refractivity contribution in [2.24, 2.45) is 71.0 Å². The molecule has 0 N–H and O–H groups in total. The molecule has 0 spiro atoms. The van der Waals surface area contributed by atoms with Crippen LogP contribution in [0.25, 0.3) is 72.3 Å². The van der Waals surface area contributed by atoms with Crippen LogP contribution in [0.4, 0.5) is 0 Å². The van der Waals surface area contributed by atoms with Gasteiger partial charge in [-0.1, -0.05) is 112 Å². The smallest absolute Gasteiger partial charge is 0.255 e. The third-order valence-electron chi connectivity index (χ3n) is 29.8. The van der Waals surface area contributed by atoms with E-state index in [-0.39, 0.29) is 27.1 Å². The highest BCUT2D eigenvalue weighted by molar-refractivity contribution is 6.09. The molecular formula is C92H97N4O+. The van der Waals surface area contributed by atoms with E-state index in [4.69, 9.17) is 9.72 Å². The first kappa shape index (κ1) is 57.6. The predicted molar refractivity (Wildman–Crippen MR) is 392 cm³/mol. The number of aromatic nitrogens is 4. The second-order valence-electron chi connectivity index (χ2n) is 37.2. The van der Waals surface area contributed by atoms with Crippen LogP contribution in [0.1, 0.15) is 203 Å². The lowest BCUT2D eigenvalue weighted by Gasteiger charge is -2.58. The third-order valence-corrected chi connectivity index (χ3v) is 29.8. The van der Waals surface area contributed by atoms with Gasteiger partial charge in [0.1, 0.15) is 28.7 Å². The van der Waals surface area contributed by atoms with Gasteiger partial charge in [0.25, 0.3) is 6.33 Å². The van der Waals surface area contributed by atoms with Crippen LogP contribution in [-0.4, -0.2) is 14.1 Å². The normalized spacial score (nSPS) is 34.5. The molecule has 5 heteroatoms. The van der Waals surface area contributed by atoms with Gasteiger partial charge in [0.15, 0.2) is 11.0 Å². The molecule has 0 unspecified atom stereocenters. The molecule has 490 valence electrons. The molecule has 26 rings (SSSR count). The molecular weight excluding hydrogens is 1180 g/mol. The van der Waals surface area contributed by atoms with Crippen LogP contribution in [0, 0.1) is 71.0 Å². The maximum absolute atomic E-state index is 7.11. The third kappa shape index (κ3) is 9.05. The van der Waals surface area contributed by atoms with Crippen LogP contribution in [0.5, 0.6) is 11.5 Å². The van der Waals surface area contributed by atoms with E-state index >= 15 is 0 Å². The summed E-state index contributed by atoms with van der Waals surface area (Å²) in [6, 6.07) is 62.9. The van der Waals surface area contributed by atoms with E-state index in [9.17, 15) is 0 Å². The van der Waals surface area contributed by atoms with Crippen LogP contribution >= 0.6 is 0 Å². The summed E-state index contributed by atoms with van der Waals surface area (Å²) in [7, 11) is 0. The second-order valence-corrected chi connectivity index (χ2v) is 37.2. The van der Waals surface area contributed by atoms with Gasteiger partial charge >= 0.3 is 0 Å². The van der Waals surface area contributed by atoms with E-state index < -0.39 is 0 Å². The van der Waals surface area contributed by atoms with E-state index in [1.54, 1.807) is 22.3 Å². The van der Waals surface area contributed by atoms with Crippen molar-refractivity contribution in [3.05, 3.63) is 198 Å². The number of hydrogen-bond donors (Lipinski definition) is 0. The standard InChI is InChI=1S/C92H97N4O/c1-88(2,3)70-20-21-93-86(40-70)96-82-15-5-4-12-80(82)81-19-18-77(42-85(81)96)97-76-11-8-10-75(41-76)94-55-95(84-17-7-6-16-83(84)94)87-78(68-34-71(89-43-56-22-57(44-89)24-58(23-56)45-89)38-72(35-68)90-46-59-25-60(47-90)27-61(26-59)48-90)13-9-14-79(87)69-36-73(91-49-62-28-63(50-91)30-64(29-62)51-91)39-74(37-69)92-52-65-31-66(53-92)33-67(32-65)54-92/h4-21,34-42,55-67H,22-33,43-54H2,1-3H3/q+1. The summed E-state index contributed by atoms with van der Waals surface area (Å²) in [5, 5.41) is 2.40.